The average Bonchev–Trinajstić information content (AvgIpc) is 2.96. The molecule has 1 aliphatic heterocycles. The van der Waals surface area contributed by atoms with Crippen molar-refractivity contribution < 1.29 is 9.66 Å². The van der Waals surface area contributed by atoms with Crippen molar-refractivity contribution in [2.24, 2.45) is 0 Å². The fourth-order valence-corrected chi connectivity index (χ4v) is 2.47. The van der Waals surface area contributed by atoms with Gasteiger partial charge >= 0.3 is 5.69 Å². The predicted octanol–water partition coefficient (Wildman–Crippen LogP) is 2.10. The zero-order chi connectivity index (χ0) is 14.0. The van der Waals surface area contributed by atoms with Gasteiger partial charge in [0.2, 0.25) is 5.82 Å². The van der Waals surface area contributed by atoms with Crippen LogP contribution in [-0.4, -0.2) is 33.5 Å². The Balaban J connectivity index is 2.24. The maximum atomic E-state index is 11.2. The minimum absolute atomic E-state index is 0.0302. The molecule has 0 amide bonds. The van der Waals surface area contributed by atoms with Crippen LogP contribution >= 0.6 is 0 Å². The highest BCUT2D eigenvalue weighted by atomic mass is 16.6. The highest BCUT2D eigenvalue weighted by Gasteiger charge is 2.29. The second kappa shape index (κ2) is 5.56. The average molecular weight is 268 g/mol. The van der Waals surface area contributed by atoms with Crippen molar-refractivity contribution in [2.75, 3.05) is 11.9 Å². The van der Waals surface area contributed by atoms with E-state index in [4.69, 9.17) is 4.74 Å². The number of rotatable bonds is 5. The molecular formula is C12H20N4O3. The fraction of sp³-hybridized carbons (Fsp3) is 0.750. The summed E-state index contributed by atoms with van der Waals surface area (Å²) in [5.41, 5.74) is 0.501. The lowest BCUT2D eigenvalue weighted by Crippen LogP contribution is -2.31. The van der Waals surface area contributed by atoms with Crippen LogP contribution in [0.1, 0.15) is 32.4 Å². The molecular weight excluding hydrogens is 248 g/mol. The molecule has 2 unspecified atom stereocenters. The minimum atomic E-state index is -0.376. The van der Waals surface area contributed by atoms with Crippen LogP contribution < -0.4 is 5.32 Å². The first-order valence-corrected chi connectivity index (χ1v) is 6.64. The molecule has 106 valence electrons. The number of ether oxygens (including phenoxy) is 1. The summed E-state index contributed by atoms with van der Waals surface area (Å²) in [4.78, 5) is 10.8. The van der Waals surface area contributed by atoms with Crippen LogP contribution in [0.15, 0.2) is 0 Å². The molecule has 0 saturated carbocycles. The Bertz CT molecular complexity index is 466. The van der Waals surface area contributed by atoms with Crippen LogP contribution in [0.3, 0.4) is 0 Å². The quantitative estimate of drug-likeness (QED) is 0.653. The van der Waals surface area contributed by atoms with E-state index in [1.54, 1.807) is 11.6 Å². The van der Waals surface area contributed by atoms with Crippen LogP contribution in [0.4, 0.5) is 11.5 Å². The molecule has 2 rings (SSSR count). The molecule has 1 saturated heterocycles. The molecule has 0 aliphatic carbocycles. The summed E-state index contributed by atoms with van der Waals surface area (Å²) in [6.45, 7) is 6.92. The van der Waals surface area contributed by atoms with E-state index in [0.717, 1.165) is 19.4 Å². The number of nitro groups is 1. The van der Waals surface area contributed by atoms with Gasteiger partial charge in [0, 0.05) is 13.2 Å². The van der Waals surface area contributed by atoms with Gasteiger partial charge in [0.15, 0.2) is 0 Å². The van der Waals surface area contributed by atoms with Gasteiger partial charge in [-0.25, -0.2) is 4.68 Å². The number of hydrogen-bond donors (Lipinski definition) is 1. The fourth-order valence-electron chi connectivity index (χ4n) is 2.47. The maximum Gasteiger partial charge on any atom is 0.333 e. The van der Waals surface area contributed by atoms with Crippen LogP contribution in [0.2, 0.25) is 0 Å². The topological polar surface area (TPSA) is 82.2 Å². The first-order valence-electron chi connectivity index (χ1n) is 6.64. The monoisotopic (exact) mass is 268 g/mol. The van der Waals surface area contributed by atoms with Crippen molar-refractivity contribution >= 4 is 11.5 Å². The Morgan fingerprint density at radius 2 is 2.42 bits per heavy atom. The zero-order valence-electron chi connectivity index (χ0n) is 11.5. The van der Waals surface area contributed by atoms with Crippen molar-refractivity contribution in [3.05, 3.63) is 15.8 Å². The second-order valence-electron chi connectivity index (χ2n) is 4.84. The molecule has 1 aromatic rings. The van der Waals surface area contributed by atoms with Gasteiger partial charge in [-0.2, -0.15) is 5.10 Å². The van der Waals surface area contributed by atoms with Gasteiger partial charge in [0.05, 0.1) is 17.1 Å². The summed E-state index contributed by atoms with van der Waals surface area (Å²) in [5, 5.41) is 18.6. The molecule has 2 atom stereocenters. The normalized spacial score (nSPS) is 20.5. The van der Waals surface area contributed by atoms with E-state index in [0.29, 0.717) is 18.1 Å². The van der Waals surface area contributed by atoms with E-state index >= 15 is 0 Å². The number of hydrogen-bond acceptors (Lipinski definition) is 5. The third-order valence-corrected chi connectivity index (χ3v) is 3.46. The number of aromatic nitrogens is 2. The molecule has 1 fully saturated rings. The zero-order valence-corrected chi connectivity index (χ0v) is 11.5. The Kier molecular flexibility index (Phi) is 4.04. The highest BCUT2D eigenvalue weighted by Crippen LogP contribution is 2.30. The van der Waals surface area contributed by atoms with Gasteiger partial charge in [-0.05, 0) is 33.6 Å². The third kappa shape index (κ3) is 2.70. The largest absolute Gasteiger partial charge is 0.376 e. The highest BCUT2D eigenvalue weighted by molar-refractivity contribution is 5.60. The van der Waals surface area contributed by atoms with E-state index in [1.807, 2.05) is 13.8 Å². The van der Waals surface area contributed by atoms with Crippen molar-refractivity contribution in [1.29, 1.82) is 0 Å². The first kappa shape index (κ1) is 13.8. The molecule has 0 spiro atoms. The summed E-state index contributed by atoms with van der Waals surface area (Å²) in [7, 11) is 0. The van der Waals surface area contributed by atoms with Crippen LogP contribution in [0.5, 0.6) is 0 Å². The molecule has 19 heavy (non-hydrogen) atoms. The van der Waals surface area contributed by atoms with Crippen molar-refractivity contribution in [3.63, 3.8) is 0 Å². The lowest BCUT2D eigenvalue weighted by molar-refractivity contribution is -0.384. The molecule has 1 N–H and O–H groups in total. The lowest BCUT2D eigenvalue weighted by atomic mass is 10.1. The maximum absolute atomic E-state index is 11.2. The Hall–Kier alpha value is -1.63. The van der Waals surface area contributed by atoms with Crippen LogP contribution in [0.25, 0.3) is 0 Å². The number of nitrogens with zero attached hydrogens (tertiary/aromatic N) is 3. The van der Waals surface area contributed by atoms with Gasteiger partial charge < -0.3 is 10.1 Å². The lowest BCUT2D eigenvalue weighted by Gasteiger charge is -2.20. The molecule has 0 bridgehead atoms. The Morgan fingerprint density at radius 1 is 1.68 bits per heavy atom. The van der Waals surface area contributed by atoms with Crippen molar-refractivity contribution in [2.45, 2.75) is 52.3 Å². The molecule has 2 heterocycles. The van der Waals surface area contributed by atoms with Gasteiger partial charge in [-0.15, -0.1) is 0 Å². The summed E-state index contributed by atoms with van der Waals surface area (Å²) in [6, 6.07) is 0.0302. The first-order chi connectivity index (χ1) is 9.04. The molecule has 1 aliphatic rings. The van der Waals surface area contributed by atoms with E-state index < -0.39 is 0 Å². The van der Waals surface area contributed by atoms with Gasteiger partial charge in [0.1, 0.15) is 5.69 Å². The molecule has 7 heteroatoms. The molecule has 0 radical (unpaired) electrons. The molecule has 7 nitrogen and oxygen atoms in total. The van der Waals surface area contributed by atoms with E-state index in [1.165, 1.54) is 0 Å². The van der Waals surface area contributed by atoms with Crippen molar-refractivity contribution in [3.8, 4) is 0 Å². The minimum Gasteiger partial charge on any atom is -0.376 e. The SMILES string of the molecule is CCn1nc(C)c([N+](=O)[O-])c1NC(C)C1CCCO1. The summed E-state index contributed by atoms with van der Waals surface area (Å²) >= 11 is 0. The second-order valence-corrected chi connectivity index (χ2v) is 4.84. The molecule has 1 aromatic heterocycles. The standard InChI is InChI=1S/C12H20N4O3/c1-4-15-12(11(16(17)18)9(3)14-15)13-8(2)10-6-5-7-19-10/h8,10,13H,4-7H2,1-3H3. The van der Waals surface area contributed by atoms with Crippen molar-refractivity contribution in [1.82, 2.24) is 9.78 Å². The summed E-state index contributed by atoms with van der Waals surface area (Å²) < 4.78 is 7.24. The van der Waals surface area contributed by atoms with E-state index in [2.05, 4.69) is 10.4 Å². The number of aryl methyl sites for hydroxylation is 2. The Labute approximate surface area is 112 Å². The smallest absolute Gasteiger partial charge is 0.333 e. The number of nitrogens with one attached hydrogen (secondary N) is 1. The summed E-state index contributed by atoms with van der Waals surface area (Å²) in [5.74, 6) is 0.480. The van der Waals surface area contributed by atoms with E-state index in [9.17, 15) is 10.1 Å². The predicted molar refractivity (Wildman–Crippen MR) is 71.4 cm³/mol. The van der Waals surface area contributed by atoms with Gasteiger partial charge in [-0.3, -0.25) is 10.1 Å². The van der Waals surface area contributed by atoms with Gasteiger partial charge in [0.25, 0.3) is 0 Å². The van der Waals surface area contributed by atoms with Crippen LogP contribution in [-0.2, 0) is 11.3 Å². The van der Waals surface area contributed by atoms with Crippen LogP contribution in [0, 0.1) is 17.0 Å². The van der Waals surface area contributed by atoms with E-state index in [-0.39, 0.29) is 22.8 Å². The molecule has 0 aromatic carbocycles. The Morgan fingerprint density at radius 3 is 2.95 bits per heavy atom. The third-order valence-electron chi connectivity index (χ3n) is 3.46. The van der Waals surface area contributed by atoms with Gasteiger partial charge in [-0.1, -0.05) is 0 Å². The summed E-state index contributed by atoms with van der Waals surface area (Å²) in [6.07, 6.45) is 2.15. The number of anilines is 1.